The number of halogens is 2. The SMILES string of the molecule is CC(CCl)C[C@H](NC(=O)CN)C(=O)N[C@H](C(=O)N[C@@H]1C(=O)N/C(=C/Cl)C(=O)N[C@H](C(=O)O)CC2=C(CC(O)C2=O)O[C@H]1C(C)C)[C@H](O)CCCN. The number of Topliss-reactive ketones (excluding diaryl/α,β-unsaturated/α-hetero) is 1. The number of nitrogens with one attached hydrogen (secondary N) is 5. The smallest absolute Gasteiger partial charge is 0.326 e. The number of aliphatic carboxylic acids is 1. The van der Waals surface area contributed by atoms with Crippen molar-refractivity contribution < 1.29 is 53.6 Å². The molecule has 1 aliphatic carbocycles. The van der Waals surface area contributed by atoms with Crippen LogP contribution in [-0.2, 0) is 38.3 Å². The van der Waals surface area contributed by atoms with Crippen LogP contribution >= 0.6 is 23.2 Å². The van der Waals surface area contributed by atoms with E-state index in [1.807, 2.05) is 0 Å². The molecule has 18 nitrogen and oxygen atoms in total. The van der Waals surface area contributed by atoms with Gasteiger partial charge in [0.2, 0.25) is 17.7 Å². The number of ketones is 1. The van der Waals surface area contributed by atoms with Crippen LogP contribution in [0.25, 0.3) is 0 Å². The molecule has 2 unspecified atom stereocenters. The molecule has 0 saturated carbocycles. The van der Waals surface area contributed by atoms with Crippen LogP contribution in [0, 0.1) is 11.8 Å². The summed E-state index contributed by atoms with van der Waals surface area (Å²) in [6.07, 6.45) is -5.30. The predicted molar refractivity (Wildman–Crippen MR) is 182 cm³/mol. The van der Waals surface area contributed by atoms with Crippen molar-refractivity contribution in [3.63, 3.8) is 0 Å². The molecular formula is C31H47Cl2N7O11. The average molecular weight is 765 g/mol. The third kappa shape index (κ3) is 12.1. The lowest BCUT2D eigenvalue weighted by Crippen LogP contribution is -2.63. The van der Waals surface area contributed by atoms with Crippen molar-refractivity contribution >= 4 is 64.5 Å². The van der Waals surface area contributed by atoms with E-state index in [0.29, 0.717) is 5.54 Å². The van der Waals surface area contributed by atoms with Gasteiger partial charge in [-0.3, -0.25) is 28.8 Å². The van der Waals surface area contributed by atoms with Crippen LogP contribution in [0.1, 0.15) is 52.9 Å². The second kappa shape index (κ2) is 20.3. The Kier molecular flexibility index (Phi) is 17.2. The highest BCUT2D eigenvalue weighted by molar-refractivity contribution is 6.28. The lowest BCUT2D eigenvalue weighted by atomic mass is 9.96. The van der Waals surface area contributed by atoms with Gasteiger partial charge in [0.15, 0.2) is 5.78 Å². The van der Waals surface area contributed by atoms with E-state index in [1.54, 1.807) is 20.8 Å². The summed E-state index contributed by atoms with van der Waals surface area (Å²) in [5.41, 5.74) is 10.8. The number of rotatable bonds is 15. The number of carbonyl (C=O) groups is 7. The fraction of sp³-hybridized carbons (Fsp3) is 0.645. The number of carboxylic acids is 1. The molecule has 0 aromatic rings. The molecule has 0 aromatic heterocycles. The van der Waals surface area contributed by atoms with Crippen LogP contribution in [0.2, 0.25) is 0 Å². The molecule has 1 aliphatic heterocycles. The molecule has 2 rings (SSSR count). The van der Waals surface area contributed by atoms with Gasteiger partial charge >= 0.3 is 5.97 Å². The van der Waals surface area contributed by atoms with Crippen molar-refractivity contribution in [2.75, 3.05) is 19.0 Å². The molecule has 286 valence electrons. The summed E-state index contributed by atoms with van der Waals surface area (Å²) < 4.78 is 6.12. The average Bonchev–Trinajstić information content (AvgIpc) is 3.34. The summed E-state index contributed by atoms with van der Waals surface area (Å²) in [7, 11) is 0. The molecule has 0 fully saturated rings. The molecule has 0 aromatic carbocycles. The predicted octanol–water partition coefficient (Wildman–Crippen LogP) is -2.44. The maximum atomic E-state index is 14.0. The number of aliphatic hydroxyl groups is 2. The second-order valence-corrected chi connectivity index (χ2v) is 13.2. The van der Waals surface area contributed by atoms with E-state index in [-0.39, 0.29) is 55.4 Å². The molecule has 0 spiro atoms. The monoisotopic (exact) mass is 763 g/mol. The van der Waals surface area contributed by atoms with Crippen LogP contribution in [0.15, 0.2) is 22.6 Å². The molecule has 0 bridgehead atoms. The van der Waals surface area contributed by atoms with Gasteiger partial charge in [-0.25, -0.2) is 4.79 Å². The van der Waals surface area contributed by atoms with Crippen LogP contribution < -0.4 is 38.1 Å². The minimum atomic E-state index is -1.73. The normalized spacial score (nSPS) is 24.5. The van der Waals surface area contributed by atoms with Crippen molar-refractivity contribution in [2.45, 2.75) is 95.4 Å². The Hall–Kier alpha value is -3.81. The zero-order valence-corrected chi connectivity index (χ0v) is 30.0. The summed E-state index contributed by atoms with van der Waals surface area (Å²) in [5.74, 6) is -8.20. The molecule has 1 heterocycles. The summed E-state index contributed by atoms with van der Waals surface area (Å²) in [5, 5.41) is 43.0. The lowest BCUT2D eigenvalue weighted by Gasteiger charge is -2.34. The highest BCUT2D eigenvalue weighted by atomic mass is 35.5. The lowest BCUT2D eigenvalue weighted by molar-refractivity contribution is -0.141. The minimum absolute atomic E-state index is 0.0446. The Bertz CT molecular complexity index is 1390. The van der Waals surface area contributed by atoms with Gasteiger partial charge in [0.25, 0.3) is 11.8 Å². The molecule has 0 saturated heterocycles. The molecule has 12 N–H and O–H groups in total. The molecule has 5 amide bonds. The van der Waals surface area contributed by atoms with E-state index in [1.165, 1.54) is 0 Å². The zero-order valence-electron chi connectivity index (χ0n) is 28.4. The van der Waals surface area contributed by atoms with E-state index in [2.05, 4.69) is 26.6 Å². The van der Waals surface area contributed by atoms with Gasteiger partial charge in [-0.1, -0.05) is 32.4 Å². The Balaban J connectivity index is 2.63. The number of ether oxygens (including phenoxy) is 1. The summed E-state index contributed by atoms with van der Waals surface area (Å²) >= 11 is 11.8. The number of nitrogens with two attached hydrogens (primary N) is 2. The number of carbonyl (C=O) groups excluding carboxylic acids is 6. The van der Waals surface area contributed by atoms with Crippen molar-refractivity contribution in [2.24, 2.45) is 23.3 Å². The van der Waals surface area contributed by atoms with Crippen LogP contribution in [0.3, 0.4) is 0 Å². The largest absolute Gasteiger partial charge is 0.491 e. The van der Waals surface area contributed by atoms with Gasteiger partial charge in [0.1, 0.15) is 47.8 Å². The van der Waals surface area contributed by atoms with Gasteiger partial charge in [-0.15, -0.1) is 11.6 Å². The third-order valence-electron chi connectivity index (χ3n) is 8.19. The first-order valence-electron chi connectivity index (χ1n) is 16.3. The second-order valence-electron chi connectivity index (χ2n) is 12.7. The van der Waals surface area contributed by atoms with Gasteiger partial charge in [-0.05, 0) is 37.6 Å². The fourth-order valence-corrected chi connectivity index (χ4v) is 5.65. The van der Waals surface area contributed by atoms with Crippen LogP contribution in [-0.4, -0.2) is 118 Å². The Labute approximate surface area is 304 Å². The highest BCUT2D eigenvalue weighted by Gasteiger charge is 2.43. The minimum Gasteiger partial charge on any atom is -0.491 e. The quantitative estimate of drug-likeness (QED) is 0.0614. The topological polar surface area (TPSA) is 302 Å². The van der Waals surface area contributed by atoms with E-state index < -0.39 is 108 Å². The molecule has 8 atom stereocenters. The number of amides is 5. The Morgan fingerprint density at radius 1 is 1.08 bits per heavy atom. The Morgan fingerprint density at radius 2 is 1.75 bits per heavy atom. The summed E-state index contributed by atoms with van der Waals surface area (Å²) in [6.45, 7) is 4.60. The number of carboxylic acid groups (broad SMARTS) is 1. The van der Waals surface area contributed by atoms with Gasteiger partial charge in [0.05, 0.1) is 12.6 Å². The first-order chi connectivity index (χ1) is 24.0. The van der Waals surface area contributed by atoms with Crippen molar-refractivity contribution in [1.29, 1.82) is 0 Å². The van der Waals surface area contributed by atoms with E-state index in [9.17, 15) is 48.9 Å². The van der Waals surface area contributed by atoms with Crippen molar-refractivity contribution in [3.05, 3.63) is 22.6 Å². The van der Waals surface area contributed by atoms with Crippen LogP contribution in [0.4, 0.5) is 0 Å². The Morgan fingerprint density at radius 3 is 2.29 bits per heavy atom. The molecular weight excluding hydrogens is 717 g/mol. The number of aliphatic hydroxyl groups excluding tert-OH is 2. The molecule has 20 heteroatoms. The molecule has 2 aliphatic rings. The highest BCUT2D eigenvalue weighted by Crippen LogP contribution is 2.31. The standard InChI is InChI=1S/C31H47Cl2N7O11/c1-13(2)26-24(30(48)38-18(11-33)28(46)37-17(31(49)50)8-15-21(51-26)9-20(42)25(15)44)40-29(47)23(19(41)5-4-6-34)39-27(45)16(7-14(3)10-32)36-22(43)12-35/h11,13-14,16-17,19-20,23-24,26,41-42H,4-10,12,34-35H2,1-3H3,(H,36,43)(H,37,46)(H,38,48)(H,39,45)(H,40,47)(H,49,50)/b18-11+/t14?,16-,17-,19+,20?,23-,24-,26-/m0/s1. The van der Waals surface area contributed by atoms with Crippen LogP contribution in [0.5, 0.6) is 0 Å². The number of hydrogen-bond acceptors (Lipinski definition) is 12. The van der Waals surface area contributed by atoms with Crippen molar-refractivity contribution in [1.82, 2.24) is 26.6 Å². The maximum Gasteiger partial charge on any atom is 0.326 e. The molecule has 51 heavy (non-hydrogen) atoms. The van der Waals surface area contributed by atoms with Gasteiger partial charge in [-0.2, -0.15) is 0 Å². The number of alkyl halides is 1. The van der Waals surface area contributed by atoms with Gasteiger partial charge < -0.3 is 58.1 Å². The fourth-order valence-electron chi connectivity index (χ4n) is 5.38. The van der Waals surface area contributed by atoms with E-state index >= 15 is 0 Å². The first kappa shape index (κ1) is 43.4. The molecule has 0 radical (unpaired) electrons. The van der Waals surface area contributed by atoms with E-state index in [0.717, 1.165) is 0 Å². The maximum absolute atomic E-state index is 14.0. The third-order valence-corrected chi connectivity index (χ3v) is 8.94. The summed E-state index contributed by atoms with van der Waals surface area (Å²) in [6, 6.07) is -6.37. The first-order valence-corrected chi connectivity index (χ1v) is 17.3. The van der Waals surface area contributed by atoms with E-state index in [4.69, 9.17) is 39.4 Å². The zero-order chi connectivity index (χ0) is 38.6. The van der Waals surface area contributed by atoms with Crippen molar-refractivity contribution in [3.8, 4) is 0 Å². The van der Waals surface area contributed by atoms with Gasteiger partial charge in [0, 0.05) is 29.8 Å². The summed E-state index contributed by atoms with van der Waals surface area (Å²) in [4.78, 5) is 91.5. The number of hydrogen-bond donors (Lipinski definition) is 10.